The van der Waals surface area contributed by atoms with Crippen LogP contribution in [0.1, 0.15) is 38.8 Å². The molecule has 1 atom stereocenters. The highest BCUT2D eigenvalue weighted by Crippen LogP contribution is 2.40. The fourth-order valence-corrected chi connectivity index (χ4v) is 4.72. The highest BCUT2D eigenvalue weighted by molar-refractivity contribution is 8.01. The van der Waals surface area contributed by atoms with E-state index in [1.807, 2.05) is 0 Å². The van der Waals surface area contributed by atoms with E-state index in [0.717, 1.165) is 16.7 Å². The van der Waals surface area contributed by atoms with E-state index in [-0.39, 0.29) is 23.3 Å². The van der Waals surface area contributed by atoms with Crippen LogP contribution < -0.4 is 16.0 Å². The van der Waals surface area contributed by atoms with Crippen LogP contribution in [-0.4, -0.2) is 30.4 Å². The lowest BCUT2D eigenvalue weighted by Gasteiger charge is -2.33. The van der Waals surface area contributed by atoms with Crippen LogP contribution in [0, 0.1) is 17.5 Å². The zero-order valence-corrected chi connectivity index (χ0v) is 20.4. The highest BCUT2D eigenvalue weighted by Gasteiger charge is 2.31. The first-order chi connectivity index (χ1) is 17.3. The molecule has 2 amide bonds. The first-order valence-electron chi connectivity index (χ1n) is 10.9. The predicted molar refractivity (Wildman–Crippen MR) is 132 cm³/mol. The first kappa shape index (κ1) is 27.0. The number of hydrogen-bond donors (Lipinski definition) is 2. The third-order valence-corrected chi connectivity index (χ3v) is 6.54. The molecule has 0 aromatic heterocycles. The van der Waals surface area contributed by atoms with Gasteiger partial charge in [-0.3, -0.25) is 14.4 Å². The molecule has 36 heavy (non-hydrogen) atoms. The minimum absolute atomic E-state index is 0.151. The van der Waals surface area contributed by atoms with Gasteiger partial charge in [-0.1, -0.05) is 18.2 Å². The summed E-state index contributed by atoms with van der Waals surface area (Å²) in [6.07, 6.45) is 0.725. The second-order valence-corrected chi connectivity index (χ2v) is 9.14. The maximum atomic E-state index is 13.9. The molecule has 0 saturated carbocycles. The molecule has 188 valence electrons. The van der Waals surface area contributed by atoms with E-state index < -0.39 is 35.5 Å². The zero-order chi connectivity index (χ0) is 26.4. The van der Waals surface area contributed by atoms with Gasteiger partial charge in [0, 0.05) is 40.3 Å². The van der Waals surface area contributed by atoms with Gasteiger partial charge in [0.1, 0.15) is 23.7 Å². The number of aldehydes is 1. The molecule has 3 aromatic carbocycles. The van der Waals surface area contributed by atoms with Crippen LogP contribution in [0.15, 0.2) is 59.5 Å². The van der Waals surface area contributed by atoms with E-state index >= 15 is 0 Å². The van der Waals surface area contributed by atoms with Gasteiger partial charge in [-0.15, -0.1) is 11.8 Å². The van der Waals surface area contributed by atoms with Crippen LogP contribution >= 0.6 is 11.8 Å². The third-order valence-electron chi connectivity index (χ3n) is 5.39. The summed E-state index contributed by atoms with van der Waals surface area (Å²) >= 11 is 1.36. The molecule has 1 aliphatic heterocycles. The summed E-state index contributed by atoms with van der Waals surface area (Å²) in [6.45, 7) is 1.52. The normalized spacial score (nSPS) is 14.4. The quantitative estimate of drug-likeness (QED) is 0.474. The Morgan fingerprint density at radius 3 is 2.44 bits per heavy atom. The van der Waals surface area contributed by atoms with E-state index in [0.29, 0.717) is 23.4 Å². The number of thioether (sulfide) groups is 1. The molecule has 4 rings (SSSR count). The Hall–Kier alpha value is -3.63. The molecule has 0 saturated heterocycles. The van der Waals surface area contributed by atoms with Crippen LogP contribution in [-0.2, 0) is 17.9 Å². The first-order valence-corrected chi connectivity index (χ1v) is 11.8. The van der Waals surface area contributed by atoms with E-state index in [1.54, 1.807) is 54.3 Å². The molecular weight excluding hydrogens is 491 g/mol. The zero-order valence-electron chi connectivity index (χ0n) is 19.6. The summed E-state index contributed by atoms with van der Waals surface area (Å²) in [5.74, 6) is -3.99. The summed E-state index contributed by atoms with van der Waals surface area (Å²) in [6, 6.07) is 12.8. The number of hydrogen-bond acceptors (Lipinski definition) is 5. The molecule has 1 unspecified atom stereocenters. The molecule has 0 fully saturated rings. The molecule has 1 aliphatic rings. The molecular formula is C26H24F3N3O3S. The fourth-order valence-electron chi connectivity index (χ4n) is 3.67. The number of carbonyl (C=O) groups is 3. The summed E-state index contributed by atoms with van der Waals surface area (Å²) in [5.41, 5.74) is 6.00. The molecule has 10 heteroatoms. The van der Waals surface area contributed by atoms with Crippen molar-refractivity contribution in [2.75, 3.05) is 11.9 Å². The standard InChI is InChI=1S/C25H19F3N2O3S.CH5N/c1-14-25(33)30(12-15-3-2-4-16(7-15)13-31)22-8-17(5-6-23(22)34-14)24(32)29-11-19-20(27)9-18(26)10-21(19)28;1-2/h2-10,13-14H,11-12H2,1H3,(H,29,32);2H2,1H3. The SMILES string of the molecule is CC1Sc2ccc(C(=O)NCc3c(F)cc(F)cc3F)cc2N(Cc2cccc(C=O)c2)C1=O.CN. The lowest BCUT2D eigenvalue weighted by molar-refractivity contribution is -0.118. The number of anilines is 1. The Labute approximate surface area is 210 Å². The summed E-state index contributed by atoms with van der Waals surface area (Å²) in [7, 11) is 1.50. The Morgan fingerprint density at radius 2 is 1.78 bits per heavy atom. The average molecular weight is 516 g/mol. The van der Waals surface area contributed by atoms with Gasteiger partial charge < -0.3 is 16.0 Å². The third kappa shape index (κ3) is 5.95. The summed E-state index contributed by atoms with van der Waals surface area (Å²) in [4.78, 5) is 39.1. The van der Waals surface area contributed by atoms with Gasteiger partial charge in [-0.25, -0.2) is 13.2 Å². The smallest absolute Gasteiger partial charge is 0.251 e. The van der Waals surface area contributed by atoms with Gasteiger partial charge in [-0.2, -0.15) is 0 Å². The number of halogens is 3. The Bertz CT molecular complexity index is 1280. The van der Waals surface area contributed by atoms with Gasteiger partial charge in [0.25, 0.3) is 5.91 Å². The van der Waals surface area contributed by atoms with Crippen molar-refractivity contribution in [3.8, 4) is 0 Å². The molecule has 3 N–H and O–H groups in total. The second-order valence-electron chi connectivity index (χ2n) is 7.76. The number of amides is 2. The monoisotopic (exact) mass is 515 g/mol. The highest BCUT2D eigenvalue weighted by atomic mass is 32.2. The van der Waals surface area contributed by atoms with Crippen LogP contribution in [0.25, 0.3) is 0 Å². The van der Waals surface area contributed by atoms with Crippen molar-refractivity contribution >= 4 is 35.5 Å². The lowest BCUT2D eigenvalue weighted by Crippen LogP contribution is -2.39. The van der Waals surface area contributed by atoms with Gasteiger partial charge in [0.2, 0.25) is 5.91 Å². The van der Waals surface area contributed by atoms with E-state index in [4.69, 9.17) is 0 Å². The summed E-state index contributed by atoms with van der Waals surface area (Å²) < 4.78 is 40.9. The van der Waals surface area contributed by atoms with Crippen molar-refractivity contribution in [3.63, 3.8) is 0 Å². The van der Waals surface area contributed by atoms with Gasteiger partial charge in [0.05, 0.1) is 17.5 Å². The van der Waals surface area contributed by atoms with Crippen molar-refractivity contribution in [1.82, 2.24) is 5.32 Å². The van der Waals surface area contributed by atoms with Gasteiger partial charge in [-0.05, 0) is 43.8 Å². The average Bonchev–Trinajstić information content (AvgIpc) is 2.87. The van der Waals surface area contributed by atoms with Crippen molar-refractivity contribution in [1.29, 1.82) is 0 Å². The predicted octanol–water partition coefficient (Wildman–Crippen LogP) is 4.45. The molecule has 6 nitrogen and oxygen atoms in total. The Morgan fingerprint density at radius 1 is 1.08 bits per heavy atom. The molecule has 0 aliphatic carbocycles. The molecule has 1 heterocycles. The number of nitrogens with one attached hydrogen (secondary N) is 1. The molecule has 3 aromatic rings. The van der Waals surface area contributed by atoms with Crippen LogP contribution in [0.3, 0.4) is 0 Å². The number of benzene rings is 3. The number of carbonyl (C=O) groups excluding carboxylic acids is 3. The van der Waals surface area contributed by atoms with E-state index in [9.17, 15) is 27.6 Å². The van der Waals surface area contributed by atoms with Crippen molar-refractivity contribution in [3.05, 3.63) is 94.3 Å². The second kappa shape index (κ2) is 11.9. The minimum atomic E-state index is -1.09. The lowest BCUT2D eigenvalue weighted by atomic mass is 10.1. The maximum Gasteiger partial charge on any atom is 0.251 e. The van der Waals surface area contributed by atoms with Gasteiger partial charge >= 0.3 is 0 Å². The van der Waals surface area contributed by atoms with E-state index in [1.165, 1.54) is 18.8 Å². The van der Waals surface area contributed by atoms with Gasteiger partial charge in [0.15, 0.2) is 0 Å². The number of nitrogens with zero attached hydrogens (tertiary/aromatic N) is 1. The topological polar surface area (TPSA) is 92.5 Å². The Balaban J connectivity index is 0.00000176. The molecule has 0 radical (unpaired) electrons. The van der Waals surface area contributed by atoms with Crippen molar-refractivity contribution in [2.24, 2.45) is 5.73 Å². The van der Waals surface area contributed by atoms with E-state index in [2.05, 4.69) is 11.1 Å². The van der Waals surface area contributed by atoms with Crippen LogP contribution in [0.5, 0.6) is 0 Å². The number of fused-ring (bicyclic) bond motifs is 1. The number of rotatable bonds is 6. The largest absolute Gasteiger partial charge is 0.348 e. The molecule has 0 bridgehead atoms. The summed E-state index contributed by atoms with van der Waals surface area (Å²) in [5, 5.41) is 2.09. The van der Waals surface area contributed by atoms with Crippen molar-refractivity contribution < 1.29 is 27.6 Å². The molecule has 0 spiro atoms. The Kier molecular flexibility index (Phi) is 8.89. The maximum absolute atomic E-state index is 13.9. The minimum Gasteiger partial charge on any atom is -0.348 e. The van der Waals surface area contributed by atoms with Crippen LogP contribution in [0.2, 0.25) is 0 Å². The number of nitrogens with two attached hydrogens (primary N) is 1. The fraction of sp³-hybridized carbons (Fsp3) is 0.192. The van der Waals surface area contributed by atoms with Crippen LogP contribution in [0.4, 0.5) is 18.9 Å². The van der Waals surface area contributed by atoms with Crippen molar-refractivity contribution in [2.45, 2.75) is 30.2 Å².